The molecule has 0 aromatic heterocycles. The first kappa shape index (κ1) is 33.7. The summed E-state index contributed by atoms with van der Waals surface area (Å²) in [6, 6.07) is 0. The van der Waals surface area contributed by atoms with Crippen LogP contribution in [-0.2, 0) is 10.1 Å². The Kier molecular flexibility index (Phi) is 26.6. The molecule has 30 heavy (non-hydrogen) atoms. The van der Waals surface area contributed by atoms with Gasteiger partial charge in [-0.2, -0.15) is 0 Å². The predicted molar refractivity (Wildman–Crippen MR) is 123 cm³/mol. The van der Waals surface area contributed by atoms with Crippen molar-refractivity contribution in [2.75, 3.05) is 0 Å². The molecule has 0 aromatic carbocycles. The van der Waals surface area contributed by atoms with E-state index >= 15 is 0 Å². The molecule has 1 N–H and O–H groups in total. The summed E-state index contributed by atoms with van der Waals surface area (Å²) >= 11 is 0. The summed E-state index contributed by atoms with van der Waals surface area (Å²) < 4.78 is 34.4. The van der Waals surface area contributed by atoms with E-state index in [-0.39, 0.29) is 57.5 Å². The zero-order valence-corrected chi connectivity index (χ0v) is 24.3. The van der Waals surface area contributed by atoms with Gasteiger partial charge < -0.3 is 9.66 Å². The molecule has 0 bridgehead atoms. The third-order valence-electron chi connectivity index (χ3n) is 5.99. The Morgan fingerprint density at radius 3 is 1.27 bits per heavy atom. The Bertz CT molecular complexity index is 442. The zero-order valence-electron chi connectivity index (χ0n) is 20.4. The van der Waals surface area contributed by atoms with E-state index in [0.29, 0.717) is 12.8 Å². The minimum Gasteiger partial charge on any atom is -0.748 e. The van der Waals surface area contributed by atoms with Crippen molar-refractivity contribution < 1.29 is 69.5 Å². The summed E-state index contributed by atoms with van der Waals surface area (Å²) in [6.45, 7) is 4.36. The third kappa shape index (κ3) is 22.7. The first-order valence-electron chi connectivity index (χ1n) is 12.5. The summed E-state index contributed by atoms with van der Waals surface area (Å²) in [5.41, 5.74) is 0. The average Bonchev–Trinajstić information content (AvgIpc) is 2.67. The van der Waals surface area contributed by atoms with Crippen molar-refractivity contribution in [3.8, 4) is 0 Å². The Morgan fingerprint density at radius 1 is 0.600 bits per heavy atom. The van der Waals surface area contributed by atoms with Crippen molar-refractivity contribution in [3.63, 3.8) is 0 Å². The van der Waals surface area contributed by atoms with Crippen LogP contribution in [0.5, 0.6) is 0 Å². The predicted octanol–water partition coefficient (Wildman–Crippen LogP) is 4.11. The van der Waals surface area contributed by atoms with Gasteiger partial charge in [0.15, 0.2) is 0 Å². The van der Waals surface area contributed by atoms with E-state index in [1.165, 1.54) is 51.4 Å². The van der Waals surface area contributed by atoms with Crippen molar-refractivity contribution >= 4 is 10.1 Å². The minimum atomic E-state index is -4.15. The van der Waals surface area contributed by atoms with Crippen LogP contribution in [0, 0.1) is 0 Å². The van der Waals surface area contributed by atoms with E-state index in [0.717, 1.165) is 64.2 Å². The fraction of sp³-hybridized carbons (Fsp3) is 1.00. The van der Waals surface area contributed by atoms with Gasteiger partial charge in [0.1, 0.15) is 0 Å². The maximum Gasteiger partial charge on any atom is 1.00 e. The Balaban J connectivity index is 0. The molecule has 0 aliphatic carbocycles. The SMILES string of the molecule is CCCCCCCC(CCCCCCCCCC(O)CCCCCC)S(=O)(=O)[O-].[K+]. The molecule has 176 valence electrons. The second-order valence-corrected chi connectivity index (χ2v) is 10.5. The van der Waals surface area contributed by atoms with Crippen LogP contribution in [0.25, 0.3) is 0 Å². The van der Waals surface area contributed by atoms with Gasteiger partial charge in [0.25, 0.3) is 0 Å². The first-order valence-corrected chi connectivity index (χ1v) is 14.0. The van der Waals surface area contributed by atoms with E-state index < -0.39 is 15.4 Å². The second kappa shape index (κ2) is 23.7. The van der Waals surface area contributed by atoms with E-state index in [2.05, 4.69) is 13.8 Å². The molecular weight excluding hydrogens is 423 g/mol. The van der Waals surface area contributed by atoms with Crippen molar-refractivity contribution in [2.45, 2.75) is 154 Å². The molecule has 0 amide bonds. The van der Waals surface area contributed by atoms with E-state index in [9.17, 15) is 18.1 Å². The number of hydrogen-bond acceptors (Lipinski definition) is 4. The molecule has 0 radical (unpaired) electrons. The van der Waals surface area contributed by atoms with Crippen molar-refractivity contribution in [3.05, 3.63) is 0 Å². The number of aliphatic hydroxyl groups is 1. The Morgan fingerprint density at radius 2 is 0.900 bits per heavy atom. The largest absolute Gasteiger partial charge is 1.00 e. The van der Waals surface area contributed by atoms with Crippen LogP contribution in [-0.4, -0.2) is 29.4 Å². The summed E-state index contributed by atoms with van der Waals surface area (Å²) in [6.07, 6.45) is 20.7. The summed E-state index contributed by atoms with van der Waals surface area (Å²) in [4.78, 5) is 0. The van der Waals surface area contributed by atoms with Crippen LogP contribution in [0.4, 0.5) is 0 Å². The molecule has 0 aliphatic heterocycles. The van der Waals surface area contributed by atoms with Crippen LogP contribution in [0.15, 0.2) is 0 Å². The van der Waals surface area contributed by atoms with E-state index in [1.807, 2.05) is 0 Å². The molecule has 0 aliphatic rings. The molecule has 2 atom stereocenters. The standard InChI is InChI=1S/C24H50O4S.K/c1-3-5-7-12-17-21-24(29(26,27)28)22-18-14-11-9-10-13-16-20-23(25)19-15-8-6-4-2;/h23-25H,3-22H2,1-2H3,(H,26,27,28);/q;+1/p-1. The molecule has 0 heterocycles. The molecule has 6 heteroatoms. The number of unbranched alkanes of at least 4 members (excludes halogenated alkanes) is 13. The molecular formula is C24H49KO4S. The van der Waals surface area contributed by atoms with Crippen LogP contribution in [0.1, 0.15) is 142 Å². The topological polar surface area (TPSA) is 77.4 Å². The van der Waals surface area contributed by atoms with Gasteiger partial charge in [-0.25, -0.2) is 8.42 Å². The molecule has 0 spiro atoms. The van der Waals surface area contributed by atoms with Crippen LogP contribution >= 0.6 is 0 Å². The van der Waals surface area contributed by atoms with Crippen molar-refractivity contribution in [1.29, 1.82) is 0 Å². The van der Waals surface area contributed by atoms with E-state index in [4.69, 9.17) is 0 Å². The van der Waals surface area contributed by atoms with Gasteiger partial charge in [-0.05, 0) is 25.7 Å². The maximum atomic E-state index is 11.5. The third-order valence-corrected chi connectivity index (χ3v) is 7.28. The van der Waals surface area contributed by atoms with Crippen LogP contribution < -0.4 is 51.4 Å². The fourth-order valence-electron chi connectivity index (χ4n) is 4.00. The monoisotopic (exact) mass is 472 g/mol. The minimum absolute atomic E-state index is 0. The van der Waals surface area contributed by atoms with Crippen LogP contribution in [0.3, 0.4) is 0 Å². The number of rotatable bonds is 22. The Labute approximate surface area is 230 Å². The van der Waals surface area contributed by atoms with Gasteiger partial charge in [-0.15, -0.1) is 0 Å². The number of hydrogen-bond donors (Lipinski definition) is 1. The molecule has 0 saturated heterocycles. The Hall–Kier alpha value is 1.51. The van der Waals surface area contributed by atoms with Gasteiger partial charge in [-0.3, -0.25) is 0 Å². The molecule has 0 saturated carbocycles. The van der Waals surface area contributed by atoms with Crippen molar-refractivity contribution in [2.24, 2.45) is 0 Å². The molecule has 0 fully saturated rings. The summed E-state index contributed by atoms with van der Waals surface area (Å²) in [7, 11) is -4.15. The van der Waals surface area contributed by atoms with E-state index in [1.54, 1.807) is 0 Å². The summed E-state index contributed by atoms with van der Waals surface area (Å²) in [5.74, 6) is 0. The smallest absolute Gasteiger partial charge is 0.748 e. The summed E-state index contributed by atoms with van der Waals surface area (Å²) in [5, 5.41) is 9.29. The average molecular weight is 473 g/mol. The molecule has 4 nitrogen and oxygen atoms in total. The quantitative estimate of drug-likeness (QED) is 0.146. The van der Waals surface area contributed by atoms with Gasteiger partial charge in [0.05, 0.1) is 16.2 Å². The fourth-order valence-corrected chi connectivity index (χ4v) is 4.91. The van der Waals surface area contributed by atoms with Crippen molar-refractivity contribution in [1.82, 2.24) is 0 Å². The molecule has 2 unspecified atom stereocenters. The zero-order chi connectivity index (χ0) is 21.8. The van der Waals surface area contributed by atoms with Gasteiger partial charge in [0.2, 0.25) is 0 Å². The first-order chi connectivity index (χ1) is 13.9. The van der Waals surface area contributed by atoms with Gasteiger partial charge in [0, 0.05) is 5.25 Å². The van der Waals surface area contributed by atoms with Gasteiger partial charge >= 0.3 is 51.4 Å². The maximum absolute atomic E-state index is 11.5. The second-order valence-electron chi connectivity index (χ2n) is 8.87. The number of aliphatic hydroxyl groups excluding tert-OH is 1. The van der Waals surface area contributed by atoms with Gasteiger partial charge in [-0.1, -0.05) is 117 Å². The van der Waals surface area contributed by atoms with Crippen LogP contribution in [0.2, 0.25) is 0 Å². The molecule has 0 aromatic rings. The molecule has 0 rings (SSSR count). The normalized spacial score (nSPS) is 13.7.